The molecular weight excluding hydrogens is 310 g/mol. The van der Waals surface area contributed by atoms with E-state index in [1.54, 1.807) is 6.92 Å². The highest BCUT2D eigenvalue weighted by molar-refractivity contribution is 7.86. The van der Waals surface area contributed by atoms with Crippen molar-refractivity contribution in [3.8, 4) is 5.75 Å². The molecule has 0 bridgehead atoms. The number of nitrogens with one attached hydrogen (secondary N) is 1. The third-order valence-electron chi connectivity index (χ3n) is 2.99. The summed E-state index contributed by atoms with van der Waals surface area (Å²) < 4.78 is 36.8. The van der Waals surface area contributed by atoms with E-state index in [4.69, 9.17) is 4.74 Å². The van der Waals surface area contributed by atoms with Crippen LogP contribution in [0.5, 0.6) is 5.75 Å². The highest BCUT2D eigenvalue weighted by atomic mass is 32.2. The zero-order valence-electron chi connectivity index (χ0n) is 11.7. The van der Waals surface area contributed by atoms with Crippen molar-refractivity contribution in [1.82, 2.24) is 0 Å². The van der Waals surface area contributed by atoms with Gasteiger partial charge < -0.3 is 15.2 Å². The minimum atomic E-state index is -4.43. The number of esters is 1. The molecule has 0 heterocycles. The maximum Gasteiger partial charge on any atom is 0.325 e. The maximum absolute atomic E-state index is 11.4. The Morgan fingerprint density at radius 3 is 2.64 bits per heavy atom. The number of carbonyl (C=O) groups is 1. The van der Waals surface area contributed by atoms with Crippen LogP contribution in [0, 0.1) is 0 Å². The largest absolute Gasteiger partial charge is 0.507 e. The number of hydrogen-bond acceptors (Lipinski definition) is 6. The summed E-state index contributed by atoms with van der Waals surface area (Å²) in [5.74, 6) is -0.653. The standard InChI is InChI=1S/C14H15NO6S/c1-2-21-13(17)8-15-10-6-7-12(22(18,19)20)9-4-3-5-11(16)14(9)10/h3-7,15-16H,2,8H2,1H3,(H,18,19,20). The van der Waals surface area contributed by atoms with Crippen LogP contribution in [-0.4, -0.2) is 37.2 Å². The van der Waals surface area contributed by atoms with Crippen LogP contribution in [-0.2, 0) is 19.6 Å². The Hall–Kier alpha value is -2.32. The van der Waals surface area contributed by atoms with Gasteiger partial charge in [-0.05, 0) is 25.1 Å². The molecule has 0 unspecified atom stereocenters. The fraction of sp³-hybridized carbons (Fsp3) is 0.214. The lowest BCUT2D eigenvalue weighted by Gasteiger charge is -2.12. The van der Waals surface area contributed by atoms with E-state index in [0.717, 1.165) is 0 Å². The van der Waals surface area contributed by atoms with Crippen LogP contribution in [0.1, 0.15) is 6.92 Å². The predicted octanol–water partition coefficient (Wildman–Crippen LogP) is 1.77. The summed E-state index contributed by atoms with van der Waals surface area (Å²) in [5.41, 5.74) is 0.355. The van der Waals surface area contributed by atoms with E-state index in [1.165, 1.54) is 30.3 Å². The number of rotatable bonds is 5. The molecule has 2 aromatic carbocycles. The molecule has 7 nitrogen and oxygen atoms in total. The Morgan fingerprint density at radius 2 is 2.00 bits per heavy atom. The normalized spacial score (nSPS) is 11.4. The Bertz CT molecular complexity index is 815. The molecule has 2 aromatic rings. The van der Waals surface area contributed by atoms with Gasteiger partial charge in [0, 0.05) is 16.5 Å². The van der Waals surface area contributed by atoms with Crippen molar-refractivity contribution >= 4 is 32.5 Å². The van der Waals surface area contributed by atoms with Gasteiger partial charge in [-0.25, -0.2) is 0 Å². The van der Waals surface area contributed by atoms with Crippen LogP contribution in [0.15, 0.2) is 35.2 Å². The molecular formula is C14H15NO6S. The first-order valence-electron chi connectivity index (χ1n) is 6.46. The summed E-state index contributed by atoms with van der Waals surface area (Å²) in [6.45, 7) is 1.79. The van der Waals surface area contributed by atoms with Gasteiger partial charge in [-0.2, -0.15) is 8.42 Å². The number of fused-ring (bicyclic) bond motifs is 1. The lowest BCUT2D eigenvalue weighted by molar-refractivity contribution is -0.140. The average Bonchev–Trinajstić information content (AvgIpc) is 2.44. The van der Waals surface area contributed by atoms with Crippen molar-refractivity contribution in [2.75, 3.05) is 18.5 Å². The van der Waals surface area contributed by atoms with E-state index in [-0.39, 0.29) is 34.6 Å². The molecule has 0 aliphatic rings. The smallest absolute Gasteiger partial charge is 0.325 e. The number of anilines is 1. The molecule has 22 heavy (non-hydrogen) atoms. The quantitative estimate of drug-likeness (QED) is 0.567. The number of aromatic hydroxyl groups is 1. The van der Waals surface area contributed by atoms with Gasteiger partial charge in [0.05, 0.1) is 6.61 Å². The van der Waals surface area contributed by atoms with E-state index in [0.29, 0.717) is 5.69 Å². The highest BCUT2D eigenvalue weighted by Gasteiger charge is 2.18. The zero-order valence-corrected chi connectivity index (χ0v) is 12.6. The second-order valence-electron chi connectivity index (χ2n) is 4.44. The molecule has 0 amide bonds. The monoisotopic (exact) mass is 325 g/mol. The summed E-state index contributed by atoms with van der Waals surface area (Å²) in [7, 11) is -4.43. The van der Waals surface area contributed by atoms with Gasteiger partial charge in [-0.15, -0.1) is 0 Å². The van der Waals surface area contributed by atoms with E-state index < -0.39 is 16.1 Å². The van der Waals surface area contributed by atoms with E-state index >= 15 is 0 Å². The molecule has 0 atom stereocenters. The molecule has 2 rings (SSSR count). The summed E-state index contributed by atoms with van der Waals surface area (Å²) in [5, 5.41) is 13.1. The van der Waals surface area contributed by atoms with Crippen molar-refractivity contribution < 1.29 is 27.6 Å². The number of carbonyl (C=O) groups excluding carboxylic acids is 1. The van der Waals surface area contributed by atoms with Gasteiger partial charge in [0.1, 0.15) is 17.2 Å². The molecule has 0 fully saturated rings. The van der Waals surface area contributed by atoms with Crippen molar-refractivity contribution in [3.05, 3.63) is 30.3 Å². The second kappa shape index (κ2) is 6.20. The number of phenols is 1. The lowest BCUT2D eigenvalue weighted by Crippen LogP contribution is -2.17. The molecule has 8 heteroatoms. The van der Waals surface area contributed by atoms with Crippen molar-refractivity contribution in [1.29, 1.82) is 0 Å². The van der Waals surface area contributed by atoms with E-state index in [2.05, 4.69) is 5.32 Å². The molecule has 0 spiro atoms. The molecule has 0 saturated carbocycles. The number of hydrogen-bond donors (Lipinski definition) is 3. The summed E-state index contributed by atoms with van der Waals surface area (Å²) >= 11 is 0. The first kappa shape index (κ1) is 16.1. The number of ether oxygens (including phenoxy) is 1. The van der Waals surface area contributed by atoms with Crippen LogP contribution >= 0.6 is 0 Å². The molecule has 0 radical (unpaired) electrons. The van der Waals surface area contributed by atoms with Crippen LogP contribution in [0.2, 0.25) is 0 Å². The molecule has 0 aromatic heterocycles. The predicted molar refractivity (Wildman–Crippen MR) is 80.6 cm³/mol. The van der Waals surface area contributed by atoms with Gasteiger partial charge in [0.2, 0.25) is 0 Å². The number of phenolic OH excluding ortho intramolecular Hbond substituents is 1. The fourth-order valence-corrected chi connectivity index (χ4v) is 2.80. The topological polar surface area (TPSA) is 113 Å². The van der Waals surface area contributed by atoms with Gasteiger partial charge in [0.15, 0.2) is 0 Å². The molecule has 3 N–H and O–H groups in total. The SMILES string of the molecule is CCOC(=O)CNc1ccc(S(=O)(=O)O)c2cccc(O)c12. The average molecular weight is 325 g/mol. The van der Waals surface area contributed by atoms with Crippen LogP contribution in [0.3, 0.4) is 0 Å². The Balaban J connectivity index is 2.51. The molecule has 0 aliphatic carbocycles. The van der Waals surface area contributed by atoms with Crippen molar-refractivity contribution in [3.63, 3.8) is 0 Å². The fourth-order valence-electron chi connectivity index (χ4n) is 2.11. The lowest BCUT2D eigenvalue weighted by atomic mass is 10.1. The highest BCUT2D eigenvalue weighted by Crippen LogP contribution is 2.35. The Morgan fingerprint density at radius 1 is 1.27 bits per heavy atom. The Labute approximate surface area is 127 Å². The first-order valence-corrected chi connectivity index (χ1v) is 7.90. The van der Waals surface area contributed by atoms with Crippen LogP contribution in [0.25, 0.3) is 10.8 Å². The third kappa shape index (κ3) is 3.29. The van der Waals surface area contributed by atoms with E-state index in [1.807, 2.05) is 0 Å². The molecule has 0 aliphatic heterocycles. The van der Waals surface area contributed by atoms with Crippen molar-refractivity contribution in [2.45, 2.75) is 11.8 Å². The first-order chi connectivity index (χ1) is 10.3. The summed E-state index contributed by atoms with van der Waals surface area (Å²) in [4.78, 5) is 11.1. The van der Waals surface area contributed by atoms with E-state index in [9.17, 15) is 22.9 Å². The Kier molecular flexibility index (Phi) is 4.53. The summed E-state index contributed by atoms with van der Waals surface area (Å²) in [6.07, 6.45) is 0. The number of benzene rings is 2. The van der Waals surface area contributed by atoms with Gasteiger partial charge >= 0.3 is 5.97 Å². The molecule has 0 saturated heterocycles. The third-order valence-corrected chi connectivity index (χ3v) is 3.90. The summed E-state index contributed by atoms with van der Waals surface area (Å²) in [6, 6.07) is 6.86. The molecule has 118 valence electrons. The second-order valence-corrected chi connectivity index (χ2v) is 5.83. The van der Waals surface area contributed by atoms with Crippen molar-refractivity contribution in [2.24, 2.45) is 0 Å². The van der Waals surface area contributed by atoms with Crippen LogP contribution < -0.4 is 5.32 Å². The van der Waals surface area contributed by atoms with Crippen LogP contribution in [0.4, 0.5) is 5.69 Å². The van der Waals surface area contributed by atoms with Gasteiger partial charge in [0.25, 0.3) is 10.1 Å². The van der Waals surface area contributed by atoms with Gasteiger partial charge in [-0.3, -0.25) is 9.35 Å². The van der Waals surface area contributed by atoms with Gasteiger partial charge in [-0.1, -0.05) is 12.1 Å². The zero-order chi connectivity index (χ0) is 16.3. The maximum atomic E-state index is 11.4. The minimum Gasteiger partial charge on any atom is -0.507 e. The minimum absolute atomic E-state index is 0.136.